The Morgan fingerprint density at radius 1 is 1.29 bits per heavy atom. The van der Waals surface area contributed by atoms with E-state index in [0.29, 0.717) is 17.9 Å². The van der Waals surface area contributed by atoms with Crippen LogP contribution in [0.25, 0.3) is 0 Å². The van der Waals surface area contributed by atoms with E-state index in [9.17, 15) is 9.59 Å². The van der Waals surface area contributed by atoms with Crippen LogP contribution < -0.4 is 15.4 Å². The molecule has 6 heteroatoms. The van der Waals surface area contributed by atoms with Crippen molar-refractivity contribution in [1.82, 2.24) is 15.5 Å². The molecule has 128 valence electrons. The molecule has 1 aromatic rings. The van der Waals surface area contributed by atoms with Crippen LogP contribution in [-0.2, 0) is 9.59 Å². The quantitative estimate of drug-likeness (QED) is 0.859. The number of rotatable bonds is 2. The molecule has 0 aromatic heterocycles. The molecule has 0 aliphatic carbocycles. The molecule has 0 saturated carbocycles. The second-order valence-electron chi connectivity index (χ2n) is 6.32. The molecule has 0 unspecified atom stereocenters. The number of benzene rings is 1. The van der Waals surface area contributed by atoms with E-state index < -0.39 is 6.04 Å². The molecule has 2 aliphatic rings. The summed E-state index contributed by atoms with van der Waals surface area (Å²) in [5.74, 6) is 0.462. The van der Waals surface area contributed by atoms with Crippen molar-refractivity contribution >= 4 is 11.8 Å². The standard InChI is InChI=1S/C18H23N3O3/c1-10-11(2)21(12(3)22)17(13-7-5-6-8-15(13)24-4)16-14(20-10)9-19-18(16)23/h5-8,10-11,17,20H,9H2,1-4H3,(H,19,23)/t10-,11-,17-/m1/s1. The largest absolute Gasteiger partial charge is 0.496 e. The van der Waals surface area contributed by atoms with E-state index in [1.54, 1.807) is 18.9 Å². The minimum Gasteiger partial charge on any atom is -0.496 e. The number of nitrogens with zero attached hydrogens (tertiary/aromatic N) is 1. The molecule has 3 rings (SSSR count). The molecule has 2 N–H and O–H groups in total. The zero-order valence-corrected chi connectivity index (χ0v) is 14.4. The molecule has 0 radical (unpaired) electrons. The van der Waals surface area contributed by atoms with Crippen LogP contribution in [0.3, 0.4) is 0 Å². The van der Waals surface area contributed by atoms with Crippen molar-refractivity contribution in [3.8, 4) is 5.75 Å². The summed E-state index contributed by atoms with van der Waals surface area (Å²) in [7, 11) is 1.60. The van der Waals surface area contributed by atoms with Gasteiger partial charge in [-0.2, -0.15) is 0 Å². The Labute approximate surface area is 141 Å². The normalized spacial score (nSPS) is 26.4. The van der Waals surface area contributed by atoms with Crippen molar-refractivity contribution < 1.29 is 14.3 Å². The predicted octanol–water partition coefficient (Wildman–Crippen LogP) is 1.35. The maximum atomic E-state index is 12.5. The van der Waals surface area contributed by atoms with Crippen molar-refractivity contribution in [3.63, 3.8) is 0 Å². The zero-order chi connectivity index (χ0) is 17.4. The highest BCUT2D eigenvalue weighted by atomic mass is 16.5. The van der Waals surface area contributed by atoms with Gasteiger partial charge in [-0.15, -0.1) is 0 Å². The van der Waals surface area contributed by atoms with E-state index in [1.165, 1.54) is 0 Å². The third-order valence-corrected chi connectivity index (χ3v) is 4.91. The molecule has 3 atom stereocenters. The molecule has 0 saturated heterocycles. The molecular weight excluding hydrogens is 306 g/mol. The number of hydrogen-bond donors (Lipinski definition) is 2. The Morgan fingerprint density at radius 2 is 2.00 bits per heavy atom. The Kier molecular flexibility index (Phi) is 4.22. The van der Waals surface area contributed by atoms with Gasteiger partial charge in [-0.1, -0.05) is 18.2 Å². The summed E-state index contributed by atoms with van der Waals surface area (Å²) in [6.07, 6.45) is 0. The highest BCUT2D eigenvalue weighted by Crippen LogP contribution is 2.40. The predicted molar refractivity (Wildman–Crippen MR) is 90.4 cm³/mol. The molecule has 2 amide bonds. The average molecular weight is 329 g/mol. The van der Waals surface area contributed by atoms with Gasteiger partial charge in [0.2, 0.25) is 5.91 Å². The first-order chi connectivity index (χ1) is 11.5. The van der Waals surface area contributed by atoms with E-state index in [4.69, 9.17) is 4.74 Å². The van der Waals surface area contributed by atoms with Gasteiger partial charge in [0.05, 0.1) is 25.3 Å². The number of para-hydroxylation sites is 1. The van der Waals surface area contributed by atoms with Crippen LogP contribution in [0.2, 0.25) is 0 Å². The molecule has 2 heterocycles. The lowest BCUT2D eigenvalue weighted by Crippen LogP contribution is -2.49. The van der Waals surface area contributed by atoms with E-state index >= 15 is 0 Å². The SMILES string of the molecule is COc1ccccc1[C@@H]1C2=C(CNC2=O)N[C@H](C)[C@@H](C)N1C(C)=O. The smallest absolute Gasteiger partial charge is 0.251 e. The summed E-state index contributed by atoms with van der Waals surface area (Å²) in [5.41, 5.74) is 2.28. The van der Waals surface area contributed by atoms with Crippen LogP contribution in [0.15, 0.2) is 35.5 Å². The van der Waals surface area contributed by atoms with Crippen LogP contribution in [0.5, 0.6) is 5.75 Å². The van der Waals surface area contributed by atoms with Crippen LogP contribution in [0.4, 0.5) is 0 Å². The van der Waals surface area contributed by atoms with Gasteiger partial charge in [0.25, 0.3) is 5.91 Å². The number of nitrogens with one attached hydrogen (secondary N) is 2. The first-order valence-corrected chi connectivity index (χ1v) is 8.15. The fraction of sp³-hybridized carbons (Fsp3) is 0.444. The maximum absolute atomic E-state index is 12.5. The monoisotopic (exact) mass is 329 g/mol. The van der Waals surface area contributed by atoms with Crippen molar-refractivity contribution in [2.75, 3.05) is 13.7 Å². The first-order valence-electron chi connectivity index (χ1n) is 8.15. The molecule has 1 aromatic carbocycles. The third-order valence-electron chi connectivity index (χ3n) is 4.91. The van der Waals surface area contributed by atoms with Gasteiger partial charge in [-0.05, 0) is 19.9 Å². The Balaban J connectivity index is 2.24. The van der Waals surface area contributed by atoms with Crippen molar-refractivity contribution in [3.05, 3.63) is 41.1 Å². The fourth-order valence-electron chi connectivity index (χ4n) is 3.59. The lowest BCUT2D eigenvalue weighted by molar-refractivity contribution is -0.133. The maximum Gasteiger partial charge on any atom is 0.251 e. The second kappa shape index (κ2) is 6.19. The highest BCUT2D eigenvalue weighted by molar-refractivity contribution is 5.99. The molecule has 6 nitrogen and oxygen atoms in total. The molecule has 0 spiro atoms. The Hall–Kier alpha value is -2.50. The van der Waals surface area contributed by atoms with E-state index in [0.717, 1.165) is 11.3 Å². The van der Waals surface area contributed by atoms with Crippen LogP contribution >= 0.6 is 0 Å². The molecule has 0 fully saturated rings. The molecular formula is C18H23N3O3. The number of amides is 2. The topological polar surface area (TPSA) is 70.7 Å². The number of hydrogen-bond acceptors (Lipinski definition) is 4. The van der Waals surface area contributed by atoms with E-state index in [-0.39, 0.29) is 23.9 Å². The van der Waals surface area contributed by atoms with Gasteiger partial charge in [0.1, 0.15) is 5.75 Å². The third kappa shape index (κ3) is 2.52. The fourth-order valence-corrected chi connectivity index (χ4v) is 3.59. The average Bonchev–Trinajstić information content (AvgIpc) is 2.86. The molecule has 24 heavy (non-hydrogen) atoms. The summed E-state index contributed by atoms with van der Waals surface area (Å²) in [6, 6.07) is 7.04. The minimum atomic E-state index is -0.469. The lowest BCUT2D eigenvalue weighted by Gasteiger charge is -2.37. The summed E-state index contributed by atoms with van der Waals surface area (Å²) in [4.78, 5) is 26.8. The van der Waals surface area contributed by atoms with Gasteiger partial charge >= 0.3 is 0 Å². The minimum absolute atomic E-state index is 0.0336. The van der Waals surface area contributed by atoms with Crippen LogP contribution in [0, 0.1) is 0 Å². The Bertz CT molecular complexity index is 713. The number of carbonyl (C=O) groups excluding carboxylic acids is 2. The number of carbonyl (C=O) groups is 2. The van der Waals surface area contributed by atoms with Gasteiger partial charge in [0.15, 0.2) is 0 Å². The second-order valence-corrected chi connectivity index (χ2v) is 6.32. The molecule has 2 aliphatic heterocycles. The summed E-state index contributed by atoms with van der Waals surface area (Å²) in [6.45, 7) is 6.03. The summed E-state index contributed by atoms with van der Waals surface area (Å²) >= 11 is 0. The van der Waals surface area contributed by atoms with Crippen molar-refractivity contribution in [1.29, 1.82) is 0 Å². The van der Waals surface area contributed by atoms with Gasteiger partial charge in [-0.3, -0.25) is 9.59 Å². The van der Waals surface area contributed by atoms with Crippen LogP contribution in [-0.4, -0.2) is 42.5 Å². The summed E-state index contributed by atoms with van der Waals surface area (Å²) in [5, 5.41) is 6.27. The molecule has 0 bridgehead atoms. The van der Waals surface area contributed by atoms with Crippen molar-refractivity contribution in [2.24, 2.45) is 0 Å². The van der Waals surface area contributed by atoms with Gasteiger partial charge in [0, 0.05) is 30.3 Å². The van der Waals surface area contributed by atoms with Crippen LogP contribution in [0.1, 0.15) is 32.4 Å². The van der Waals surface area contributed by atoms with E-state index in [2.05, 4.69) is 10.6 Å². The number of methoxy groups -OCH3 is 1. The Morgan fingerprint density at radius 3 is 2.67 bits per heavy atom. The highest BCUT2D eigenvalue weighted by Gasteiger charge is 2.43. The number of ether oxygens (including phenoxy) is 1. The van der Waals surface area contributed by atoms with Gasteiger partial charge in [-0.25, -0.2) is 0 Å². The van der Waals surface area contributed by atoms with E-state index in [1.807, 2.05) is 38.1 Å². The zero-order valence-electron chi connectivity index (χ0n) is 14.4. The lowest BCUT2D eigenvalue weighted by atomic mass is 9.94. The van der Waals surface area contributed by atoms with Crippen molar-refractivity contribution in [2.45, 2.75) is 38.9 Å². The van der Waals surface area contributed by atoms with Gasteiger partial charge < -0.3 is 20.3 Å². The summed E-state index contributed by atoms with van der Waals surface area (Å²) < 4.78 is 5.50. The first kappa shape index (κ1) is 16.4.